The minimum absolute atomic E-state index is 0.215. The van der Waals surface area contributed by atoms with Crippen LogP contribution in [0, 0.1) is 6.92 Å². The van der Waals surface area contributed by atoms with E-state index >= 15 is 0 Å². The fourth-order valence-electron chi connectivity index (χ4n) is 3.80. The summed E-state index contributed by atoms with van der Waals surface area (Å²) >= 11 is 0. The Kier molecular flexibility index (Phi) is 4.97. The molecular weight excluding hydrogens is 342 g/mol. The van der Waals surface area contributed by atoms with Crippen LogP contribution < -0.4 is 15.3 Å². The van der Waals surface area contributed by atoms with Crippen molar-refractivity contribution >= 4 is 11.0 Å². The van der Waals surface area contributed by atoms with Gasteiger partial charge in [-0.15, -0.1) is 0 Å². The molecule has 5 heteroatoms. The number of hydrogen-bond acceptors (Lipinski definition) is 4. The predicted molar refractivity (Wildman–Crippen MR) is 103 cm³/mol. The standard InChI is InChI=1S/C22H23NO4/c1-15-10-22(25)27-21-11-19(6-7-20(15)21)26-14-18(24)13-23-9-8-16-4-2-3-5-17(16)12-23/h2-7,10-11,18,24H,8-9,12-14H2,1H3/p+1/t18-/m0/s1. The zero-order valence-corrected chi connectivity index (χ0v) is 15.4. The number of ether oxygens (including phenoxy) is 1. The van der Waals surface area contributed by atoms with Crippen LogP contribution in [0.1, 0.15) is 16.7 Å². The molecule has 3 aromatic rings. The Morgan fingerprint density at radius 1 is 1.19 bits per heavy atom. The maximum Gasteiger partial charge on any atom is 0.336 e. The fourth-order valence-corrected chi connectivity index (χ4v) is 3.80. The summed E-state index contributed by atoms with van der Waals surface area (Å²) in [5.74, 6) is 0.592. The first kappa shape index (κ1) is 17.8. The first-order valence-corrected chi connectivity index (χ1v) is 9.34. The molecule has 0 fully saturated rings. The van der Waals surface area contributed by atoms with Gasteiger partial charge in [0.2, 0.25) is 0 Å². The maximum absolute atomic E-state index is 11.5. The summed E-state index contributed by atoms with van der Waals surface area (Å²) in [5.41, 5.74) is 3.80. The third-order valence-corrected chi connectivity index (χ3v) is 5.20. The largest absolute Gasteiger partial charge is 0.491 e. The first-order valence-electron chi connectivity index (χ1n) is 9.34. The molecule has 1 aromatic heterocycles. The molecular formula is C22H24NO4+. The van der Waals surface area contributed by atoms with Gasteiger partial charge in [-0.05, 0) is 30.2 Å². The lowest BCUT2D eigenvalue weighted by molar-refractivity contribution is -0.918. The van der Waals surface area contributed by atoms with Crippen molar-refractivity contribution < 1.29 is 19.2 Å². The van der Waals surface area contributed by atoms with Crippen molar-refractivity contribution in [3.63, 3.8) is 0 Å². The number of aliphatic hydroxyl groups excluding tert-OH is 1. The number of aliphatic hydroxyl groups is 1. The quantitative estimate of drug-likeness (QED) is 0.672. The van der Waals surface area contributed by atoms with E-state index in [4.69, 9.17) is 9.15 Å². The zero-order chi connectivity index (χ0) is 18.8. The van der Waals surface area contributed by atoms with Crippen LogP contribution in [0.4, 0.5) is 0 Å². The van der Waals surface area contributed by atoms with Crippen LogP contribution in [0.25, 0.3) is 11.0 Å². The third-order valence-electron chi connectivity index (χ3n) is 5.20. The van der Waals surface area contributed by atoms with E-state index in [-0.39, 0.29) is 12.2 Å². The highest BCUT2D eigenvalue weighted by molar-refractivity contribution is 5.81. The lowest BCUT2D eigenvalue weighted by atomic mass is 10.00. The lowest BCUT2D eigenvalue weighted by Crippen LogP contribution is -3.13. The Morgan fingerprint density at radius 2 is 2.00 bits per heavy atom. The maximum atomic E-state index is 11.5. The number of hydrogen-bond donors (Lipinski definition) is 2. The van der Waals surface area contributed by atoms with Crippen LogP contribution in [0.15, 0.2) is 57.7 Å². The molecule has 1 aliphatic rings. The van der Waals surface area contributed by atoms with Gasteiger partial charge in [-0.3, -0.25) is 0 Å². The molecule has 2 heterocycles. The predicted octanol–water partition coefficient (Wildman–Crippen LogP) is 1.48. The average Bonchev–Trinajstić information content (AvgIpc) is 2.66. The second kappa shape index (κ2) is 7.55. The number of rotatable bonds is 5. The van der Waals surface area contributed by atoms with E-state index in [2.05, 4.69) is 24.3 Å². The van der Waals surface area contributed by atoms with Gasteiger partial charge < -0.3 is 19.2 Å². The molecule has 0 saturated carbocycles. The SMILES string of the molecule is Cc1cc(=O)oc2cc(OC[C@@H](O)C[NH+]3CCc4ccccc4C3)ccc12. The number of aryl methyl sites for hydroxylation is 1. The van der Waals surface area contributed by atoms with Crippen molar-refractivity contribution in [3.05, 3.63) is 75.6 Å². The van der Waals surface area contributed by atoms with Gasteiger partial charge in [0.15, 0.2) is 0 Å². The van der Waals surface area contributed by atoms with Crippen molar-refractivity contribution in [2.45, 2.75) is 26.0 Å². The van der Waals surface area contributed by atoms with Gasteiger partial charge in [0.05, 0.1) is 6.54 Å². The Hall–Kier alpha value is -2.63. The van der Waals surface area contributed by atoms with Gasteiger partial charge in [0.1, 0.15) is 37.1 Å². The summed E-state index contributed by atoms with van der Waals surface area (Å²) < 4.78 is 11.0. The van der Waals surface area contributed by atoms with Crippen LogP contribution in [-0.4, -0.2) is 30.9 Å². The van der Waals surface area contributed by atoms with E-state index < -0.39 is 6.10 Å². The number of benzene rings is 2. The second-order valence-corrected chi connectivity index (χ2v) is 7.27. The molecule has 2 atom stereocenters. The van der Waals surface area contributed by atoms with Crippen molar-refractivity contribution in [2.75, 3.05) is 19.7 Å². The summed E-state index contributed by atoms with van der Waals surface area (Å²) in [6, 6.07) is 15.4. The highest BCUT2D eigenvalue weighted by atomic mass is 16.5. The summed E-state index contributed by atoms with van der Waals surface area (Å²) in [5, 5.41) is 11.3. The van der Waals surface area contributed by atoms with E-state index in [9.17, 15) is 9.90 Å². The van der Waals surface area contributed by atoms with Gasteiger partial charge in [-0.2, -0.15) is 0 Å². The minimum atomic E-state index is -0.550. The highest BCUT2D eigenvalue weighted by Crippen LogP contribution is 2.22. The monoisotopic (exact) mass is 366 g/mol. The molecule has 2 aromatic carbocycles. The molecule has 0 aliphatic carbocycles. The van der Waals surface area contributed by atoms with Gasteiger partial charge in [-0.25, -0.2) is 4.79 Å². The van der Waals surface area contributed by atoms with Crippen LogP contribution in [0.2, 0.25) is 0 Å². The van der Waals surface area contributed by atoms with Crippen LogP contribution in [0.5, 0.6) is 5.75 Å². The average molecular weight is 366 g/mol. The summed E-state index contributed by atoms with van der Waals surface area (Å²) in [4.78, 5) is 12.9. The molecule has 5 nitrogen and oxygen atoms in total. The normalized spacial score (nSPS) is 17.5. The molecule has 0 amide bonds. The van der Waals surface area contributed by atoms with E-state index in [0.29, 0.717) is 17.9 Å². The molecule has 140 valence electrons. The molecule has 4 rings (SSSR count). The van der Waals surface area contributed by atoms with Crippen molar-refractivity contribution in [1.29, 1.82) is 0 Å². The third kappa shape index (κ3) is 4.04. The molecule has 0 spiro atoms. The Bertz CT molecular complexity index is 1010. The smallest absolute Gasteiger partial charge is 0.336 e. The molecule has 0 radical (unpaired) electrons. The molecule has 1 aliphatic heterocycles. The highest BCUT2D eigenvalue weighted by Gasteiger charge is 2.22. The fraction of sp³-hybridized carbons (Fsp3) is 0.318. The van der Waals surface area contributed by atoms with Gasteiger partial charge >= 0.3 is 5.63 Å². The molecule has 2 N–H and O–H groups in total. The summed E-state index contributed by atoms with van der Waals surface area (Å²) in [6.07, 6.45) is 0.493. The summed E-state index contributed by atoms with van der Waals surface area (Å²) in [6.45, 7) is 4.70. The van der Waals surface area contributed by atoms with Gasteiger partial charge in [0, 0.05) is 29.5 Å². The lowest BCUT2D eigenvalue weighted by Gasteiger charge is -2.27. The van der Waals surface area contributed by atoms with Gasteiger partial charge in [0.25, 0.3) is 0 Å². The topological polar surface area (TPSA) is 64.1 Å². The van der Waals surface area contributed by atoms with E-state index in [1.807, 2.05) is 19.1 Å². The van der Waals surface area contributed by atoms with Crippen LogP contribution >= 0.6 is 0 Å². The zero-order valence-electron chi connectivity index (χ0n) is 15.4. The second-order valence-electron chi connectivity index (χ2n) is 7.27. The Labute approximate surface area is 157 Å². The van der Waals surface area contributed by atoms with Crippen molar-refractivity contribution in [1.82, 2.24) is 0 Å². The number of fused-ring (bicyclic) bond motifs is 2. The van der Waals surface area contributed by atoms with E-state index in [0.717, 1.165) is 30.5 Å². The van der Waals surface area contributed by atoms with E-state index in [1.54, 1.807) is 6.07 Å². The minimum Gasteiger partial charge on any atom is -0.491 e. The Morgan fingerprint density at radius 3 is 2.85 bits per heavy atom. The van der Waals surface area contributed by atoms with Crippen LogP contribution in [-0.2, 0) is 13.0 Å². The van der Waals surface area contributed by atoms with Crippen LogP contribution in [0.3, 0.4) is 0 Å². The molecule has 0 bridgehead atoms. The number of nitrogens with one attached hydrogen (secondary N) is 1. The van der Waals surface area contributed by atoms with Crippen molar-refractivity contribution in [3.8, 4) is 5.75 Å². The Balaban J connectivity index is 1.36. The number of quaternary nitrogens is 1. The molecule has 0 saturated heterocycles. The molecule has 27 heavy (non-hydrogen) atoms. The molecule has 1 unspecified atom stereocenters. The van der Waals surface area contributed by atoms with Gasteiger partial charge in [-0.1, -0.05) is 24.3 Å². The first-order chi connectivity index (χ1) is 13.1. The van der Waals surface area contributed by atoms with Crippen molar-refractivity contribution in [2.24, 2.45) is 0 Å². The summed E-state index contributed by atoms with van der Waals surface area (Å²) in [7, 11) is 0. The van der Waals surface area contributed by atoms with E-state index in [1.165, 1.54) is 22.1 Å².